The molecule has 0 radical (unpaired) electrons. The number of pyridine rings is 1. The maximum absolute atomic E-state index is 14.4. The number of amides is 1. The highest BCUT2D eigenvalue weighted by atomic mass is 32.2. The largest absolute Gasteiger partial charge is 0.475 e. The van der Waals surface area contributed by atoms with E-state index in [4.69, 9.17) is 4.74 Å². The molecule has 3 aromatic heterocycles. The van der Waals surface area contributed by atoms with Crippen LogP contribution >= 0.6 is 0 Å². The lowest BCUT2D eigenvalue weighted by atomic mass is 9.87. The zero-order valence-corrected chi connectivity index (χ0v) is 27.8. The third-order valence-electron chi connectivity index (χ3n) is 8.02. The molecule has 1 atom stereocenters. The zero-order chi connectivity index (χ0) is 33.3. The number of ether oxygens (including phenoxy) is 1. The summed E-state index contributed by atoms with van der Waals surface area (Å²) < 4.78 is 36.2. The number of hydrogen-bond donors (Lipinski definition) is 2. The van der Waals surface area contributed by atoms with E-state index in [1.54, 1.807) is 41.7 Å². The number of aromatic nitrogens is 5. The molecule has 47 heavy (non-hydrogen) atoms. The zero-order valence-electron chi connectivity index (χ0n) is 27.0. The molecule has 242 valence electrons. The van der Waals surface area contributed by atoms with Crippen LogP contribution in [0.25, 0.3) is 22.4 Å². The molecule has 1 amide bonds. The number of rotatable bonds is 5. The summed E-state index contributed by atoms with van der Waals surface area (Å²) in [6, 6.07) is 17.0. The van der Waals surface area contributed by atoms with Crippen molar-refractivity contribution in [2.24, 2.45) is 5.41 Å². The van der Waals surface area contributed by atoms with Crippen molar-refractivity contribution in [2.45, 2.75) is 58.5 Å². The van der Waals surface area contributed by atoms with Crippen LogP contribution in [0.1, 0.15) is 54.4 Å². The Morgan fingerprint density at radius 3 is 2.38 bits per heavy atom. The summed E-state index contributed by atoms with van der Waals surface area (Å²) in [5.41, 5.74) is 5.83. The number of fused-ring (bicyclic) bond motifs is 4. The number of hydrogen-bond acceptors (Lipinski definition) is 8. The van der Waals surface area contributed by atoms with Crippen molar-refractivity contribution >= 4 is 21.9 Å². The molecule has 0 aliphatic carbocycles. The molecular formula is C35H37N7O4S. The lowest BCUT2D eigenvalue weighted by molar-refractivity contribution is 0.0509. The Kier molecular flexibility index (Phi) is 8.54. The summed E-state index contributed by atoms with van der Waals surface area (Å²) in [5, 5.41) is 6.82. The van der Waals surface area contributed by atoms with Crippen LogP contribution in [0.4, 0.5) is 5.95 Å². The summed E-state index contributed by atoms with van der Waals surface area (Å²) in [5.74, 6) is -0.272. The first-order chi connectivity index (χ1) is 22.4. The van der Waals surface area contributed by atoms with Gasteiger partial charge in [-0.15, -0.1) is 0 Å². The average Bonchev–Trinajstić information content (AvgIpc) is 3.56. The van der Waals surface area contributed by atoms with Crippen molar-refractivity contribution in [1.82, 2.24) is 30.0 Å². The Bertz CT molecular complexity index is 2000. The normalized spacial score (nSPS) is 16.3. The molecule has 5 aromatic rings. The molecule has 11 nitrogen and oxygen atoms in total. The van der Waals surface area contributed by atoms with E-state index < -0.39 is 16.1 Å². The maximum Gasteiger partial charge on any atom is 0.264 e. The molecule has 4 heterocycles. The predicted molar refractivity (Wildman–Crippen MR) is 179 cm³/mol. The highest BCUT2D eigenvalue weighted by Gasteiger charge is 2.32. The van der Waals surface area contributed by atoms with E-state index in [2.05, 4.69) is 50.6 Å². The Hall–Kier alpha value is -5.10. The summed E-state index contributed by atoms with van der Waals surface area (Å²) >= 11 is 0. The van der Waals surface area contributed by atoms with Crippen molar-refractivity contribution < 1.29 is 17.9 Å². The second-order valence-electron chi connectivity index (χ2n) is 13.0. The molecule has 1 aliphatic heterocycles. The SMILES string of the molecule is Cc1cccc(C)c1-c1cc2nc(n1)NS(=O)(=O)c1cccc(c1)C(=O)N(Cc1ccc(-c3cn[nH]c3)cn1)[C@H](CC(C)(C)C)CO2. The van der Waals surface area contributed by atoms with Gasteiger partial charge in [0.05, 0.1) is 35.1 Å². The van der Waals surface area contributed by atoms with Crippen LogP contribution < -0.4 is 9.46 Å². The Morgan fingerprint density at radius 1 is 0.936 bits per heavy atom. The smallest absolute Gasteiger partial charge is 0.264 e. The lowest BCUT2D eigenvalue weighted by Crippen LogP contribution is -2.45. The van der Waals surface area contributed by atoms with Gasteiger partial charge in [0, 0.05) is 40.7 Å². The van der Waals surface area contributed by atoms with Crippen molar-refractivity contribution in [1.29, 1.82) is 0 Å². The van der Waals surface area contributed by atoms with E-state index in [-0.39, 0.29) is 46.8 Å². The molecule has 2 aromatic carbocycles. The van der Waals surface area contributed by atoms with Gasteiger partial charge in [0.1, 0.15) is 6.61 Å². The number of carbonyl (C=O) groups excluding carboxylic acids is 1. The van der Waals surface area contributed by atoms with E-state index in [0.29, 0.717) is 17.8 Å². The fraction of sp³-hybridized carbons (Fsp3) is 0.286. The van der Waals surface area contributed by atoms with Crippen LogP contribution in [-0.2, 0) is 16.6 Å². The summed E-state index contributed by atoms with van der Waals surface area (Å²) in [6.45, 7) is 10.5. The first-order valence-corrected chi connectivity index (χ1v) is 16.8. The second-order valence-corrected chi connectivity index (χ2v) is 14.7. The maximum atomic E-state index is 14.4. The number of nitrogens with one attached hydrogen (secondary N) is 2. The Morgan fingerprint density at radius 2 is 1.70 bits per heavy atom. The molecule has 0 saturated heterocycles. The van der Waals surface area contributed by atoms with Crippen LogP contribution in [0, 0.1) is 19.3 Å². The third kappa shape index (κ3) is 7.17. The van der Waals surface area contributed by atoms with E-state index in [9.17, 15) is 13.2 Å². The lowest BCUT2D eigenvalue weighted by Gasteiger charge is -2.35. The number of H-pyrrole nitrogens is 1. The van der Waals surface area contributed by atoms with Gasteiger partial charge in [-0.2, -0.15) is 10.1 Å². The van der Waals surface area contributed by atoms with Gasteiger partial charge in [0.15, 0.2) is 0 Å². The predicted octanol–water partition coefficient (Wildman–Crippen LogP) is 6.19. The number of nitrogens with zero attached hydrogens (tertiary/aromatic N) is 5. The van der Waals surface area contributed by atoms with E-state index in [0.717, 1.165) is 27.8 Å². The van der Waals surface area contributed by atoms with E-state index in [1.165, 1.54) is 12.1 Å². The van der Waals surface area contributed by atoms with Crippen molar-refractivity contribution in [3.63, 3.8) is 0 Å². The molecule has 1 aliphatic rings. The number of anilines is 1. The highest BCUT2D eigenvalue weighted by molar-refractivity contribution is 7.92. The molecule has 0 fully saturated rings. The van der Waals surface area contributed by atoms with Gasteiger partial charge in [0.25, 0.3) is 15.9 Å². The average molecular weight is 652 g/mol. The van der Waals surface area contributed by atoms with Crippen LogP contribution in [0.2, 0.25) is 0 Å². The fourth-order valence-electron chi connectivity index (χ4n) is 5.82. The second kappa shape index (κ2) is 12.6. The van der Waals surface area contributed by atoms with Gasteiger partial charge in [0.2, 0.25) is 11.8 Å². The first kappa shape index (κ1) is 31.9. The number of carbonyl (C=O) groups is 1. The minimum Gasteiger partial charge on any atom is -0.475 e. The highest BCUT2D eigenvalue weighted by Crippen LogP contribution is 2.32. The van der Waals surface area contributed by atoms with Crippen molar-refractivity contribution in [2.75, 3.05) is 11.3 Å². The number of aromatic amines is 1. The Balaban J connectivity index is 1.46. The molecule has 2 N–H and O–H groups in total. The number of aryl methyl sites for hydroxylation is 2. The minimum atomic E-state index is -4.17. The molecule has 4 bridgehead atoms. The van der Waals surface area contributed by atoms with Gasteiger partial charge in [-0.25, -0.2) is 18.1 Å². The van der Waals surface area contributed by atoms with Gasteiger partial charge >= 0.3 is 0 Å². The van der Waals surface area contributed by atoms with Crippen LogP contribution in [0.3, 0.4) is 0 Å². The molecule has 6 rings (SSSR count). The molecular weight excluding hydrogens is 614 g/mol. The molecule has 0 spiro atoms. The quantitative estimate of drug-likeness (QED) is 0.229. The van der Waals surface area contributed by atoms with Gasteiger partial charge < -0.3 is 9.64 Å². The van der Waals surface area contributed by atoms with Gasteiger partial charge in [-0.3, -0.25) is 14.9 Å². The van der Waals surface area contributed by atoms with Crippen molar-refractivity contribution in [3.8, 4) is 28.3 Å². The number of benzene rings is 2. The van der Waals surface area contributed by atoms with Crippen LogP contribution in [-0.4, -0.2) is 57.0 Å². The summed E-state index contributed by atoms with van der Waals surface area (Å²) in [7, 11) is -4.17. The third-order valence-corrected chi connectivity index (χ3v) is 9.34. The topological polar surface area (TPSA) is 143 Å². The fourth-order valence-corrected chi connectivity index (χ4v) is 6.81. The Labute approximate surface area is 274 Å². The van der Waals surface area contributed by atoms with Crippen LogP contribution in [0.15, 0.2) is 84.1 Å². The molecule has 12 heteroatoms. The van der Waals surface area contributed by atoms with Crippen LogP contribution in [0.5, 0.6) is 5.88 Å². The first-order valence-electron chi connectivity index (χ1n) is 15.3. The molecule has 0 saturated carbocycles. The van der Waals surface area contributed by atoms with E-state index in [1.807, 2.05) is 44.2 Å². The summed E-state index contributed by atoms with van der Waals surface area (Å²) in [6.07, 6.45) is 5.84. The van der Waals surface area contributed by atoms with Gasteiger partial charge in [-0.1, -0.05) is 51.1 Å². The monoisotopic (exact) mass is 651 g/mol. The number of sulfonamides is 1. The standard InChI is InChI=1S/C35H37N7O4S/c1-22-8-6-9-23(2)32(22)30-15-31-40-34(39-30)41-47(44,45)29-11-7-10-24(14-29)33(43)42(28(21-46-31)16-35(3,4)5)20-27-13-12-25(17-36-27)26-18-37-38-19-26/h6-15,17-19,28H,16,20-21H2,1-5H3,(H,37,38)(H,39,40,41)/t28-/m1/s1. The summed E-state index contributed by atoms with van der Waals surface area (Å²) in [4.78, 5) is 29.7. The minimum absolute atomic E-state index is 0.0824. The molecule has 0 unspecified atom stereocenters. The van der Waals surface area contributed by atoms with Crippen molar-refractivity contribution in [3.05, 3.63) is 102 Å². The van der Waals surface area contributed by atoms with Gasteiger partial charge in [-0.05, 0) is 61.1 Å². The van der Waals surface area contributed by atoms with E-state index >= 15 is 0 Å².